The molecule has 0 saturated heterocycles. The number of amides is 1. The molecule has 2 heterocycles. The van der Waals surface area contributed by atoms with Gasteiger partial charge in [-0.1, -0.05) is 29.4 Å². The number of carbonyl (C=O) groups excluding carboxylic acids is 1. The van der Waals surface area contributed by atoms with E-state index in [4.69, 9.17) is 10.3 Å². The summed E-state index contributed by atoms with van der Waals surface area (Å²) < 4.78 is 18.9. The summed E-state index contributed by atoms with van der Waals surface area (Å²) >= 11 is 0. The Morgan fingerprint density at radius 1 is 1.27 bits per heavy atom. The zero-order valence-electron chi connectivity index (χ0n) is 18.7. The number of hydrogen-bond donors (Lipinski definition) is 2. The number of nitrogens with zero attached hydrogens (tertiary/aromatic N) is 4. The Bertz CT molecular complexity index is 1220. The van der Waals surface area contributed by atoms with Crippen molar-refractivity contribution in [2.75, 3.05) is 17.6 Å². The van der Waals surface area contributed by atoms with E-state index >= 15 is 0 Å². The Labute approximate surface area is 191 Å². The third-order valence-corrected chi connectivity index (χ3v) is 4.90. The summed E-state index contributed by atoms with van der Waals surface area (Å²) in [6.45, 7) is 5.62. The quantitative estimate of drug-likeness (QED) is 0.393. The van der Waals surface area contributed by atoms with Crippen LogP contribution >= 0.6 is 0 Å². The van der Waals surface area contributed by atoms with Crippen LogP contribution in [-0.2, 0) is 11.2 Å². The molecule has 0 fully saturated rings. The lowest BCUT2D eigenvalue weighted by Crippen LogP contribution is -2.16. The van der Waals surface area contributed by atoms with Crippen molar-refractivity contribution in [1.29, 1.82) is 0 Å². The molecule has 2 aromatic heterocycles. The first-order valence-electron chi connectivity index (χ1n) is 10.3. The molecule has 0 aliphatic heterocycles. The fourth-order valence-corrected chi connectivity index (χ4v) is 2.84. The fraction of sp³-hybridized carbons (Fsp3) is 0.208. The Morgan fingerprint density at radius 2 is 2.06 bits per heavy atom. The van der Waals surface area contributed by atoms with Crippen LogP contribution < -0.4 is 11.1 Å². The molecule has 0 aliphatic rings. The number of nitrogens with two attached hydrogens (primary N) is 1. The molecule has 8 nitrogen and oxygen atoms in total. The molecule has 0 unspecified atom stereocenters. The lowest BCUT2D eigenvalue weighted by molar-refractivity contribution is -0.112. The molecular formula is C24H25FN6O2. The smallest absolute Gasteiger partial charge is 0.251 e. The van der Waals surface area contributed by atoms with Crippen LogP contribution in [-0.4, -0.2) is 33.3 Å². The van der Waals surface area contributed by atoms with Crippen molar-refractivity contribution < 1.29 is 13.7 Å². The minimum Gasteiger partial charge on any atom is -0.382 e. The Kier molecular flexibility index (Phi) is 7.80. The van der Waals surface area contributed by atoms with E-state index in [1.165, 1.54) is 18.5 Å². The highest BCUT2D eigenvalue weighted by atomic mass is 19.1. The average Bonchev–Trinajstić information content (AvgIpc) is 3.35. The summed E-state index contributed by atoms with van der Waals surface area (Å²) in [4.78, 5) is 25.4. The Balaban J connectivity index is 1.90. The highest BCUT2D eigenvalue weighted by Gasteiger charge is 2.13. The van der Waals surface area contributed by atoms with Crippen LogP contribution in [0, 0.1) is 5.82 Å². The zero-order valence-corrected chi connectivity index (χ0v) is 18.7. The SMILES string of the molecule is CC=C(C)C(=O)Nc1cnc(C(C=C(C)c2ccon2)=NCCc2ccccc2F)nc1N. The van der Waals surface area contributed by atoms with Crippen molar-refractivity contribution in [2.24, 2.45) is 4.99 Å². The topological polar surface area (TPSA) is 119 Å². The van der Waals surface area contributed by atoms with Crippen LogP contribution in [0.1, 0.15) is 37.9 Å². The number of aliphatic imine (C=N–C) groups is 1. The second-order valence-corrected chi connectivity index (χ2v) is 7.24. The Morgan fingerprint density at radius 3 is 2.73 bits per heavy atom. The van der Waals surface area contributed by atoms with Crippen LogP contribution in [0.15, 0.2) is 70.0 Å². The molecule has 170 valence electrons. The van der Waals surface area contributed by atoms with E-state index in [9.17, 15) is 9.18 Å². The molecule has 0 saturated carbocycles. The summed E-state index contributed by atoms with van der Waals surface area (Å²) in [5.41, 5.74) is 9.34. The molecule has 33 heavy (non-hydrogen) atoms. The van der Waals surface area contributed by atoms with Crippen LogP contribution in [0.2, 0.25) is 0 Å². The standard InChI is InChI=1S/C24H25FN6O2/c1-4-15(2)24(32)29-21-14-28-23(30-22(21)26)20(13-16(3)19-10-12-33-31-19)27-11-9-17-7-5-6-8-18(17)25/h4-8,10,12-14H,9,11H2,1-3H3,(H,29,32)(H2,26,28,30). The number of nitrogen functional groups attached to an aromatic ring is 1. The lowest BCUT2D eigenvalue weighted by atomic mass is 10.1. The molecule has 3 aromatic rings. The highest BCUT2D eigenvalue weighted by Crippen LogP contribution is 2.18. The number of benzene rings is 1. The van der Waals surface area contributed by atoms with Gasteiger partial charge in [0.25, 0.3) is 5.91 Å². The van der Waals surface area contributed by atoms with Gasteiger partial charge in [-0.05, 0) is 50.5 Å². The van der Waals surface area contributed by atoms with Crippen LogP contribution in [0.3, 0.4) is 0 Å². The van der Waals surface area contributed by atoms with Gasteiger partial charge >= 0.3 is 0 Å². The van der Waals surface area contributed by atoms with Crippen LogP contribution in [0.4, 0.5) is 15.9 Å². The van der Waals surface area contributed by atoms with Crippen molar-refractivity contribution in [3.05, 3.63) is 83.4 Å². The monoisotopic (exact) mass is 448 g/mol. The molecule has 0 aliphatic carbocycles. The molecule has 1 amide bonds. The number of anilines is 2. The minimum atomic E-state index is -0.291. The number of hydrogen-bond acceptors (Lipinski definition) is 7. The van der Waals surface area contributed by atoms with Crippen molar-refractivity contribution in [3.63, 3.8) is 0 Å². The van der Waals surface area contributed by atoms with Gasteiger partial charge < -0.3 is 15.6 Å². The van der Waals surface area contributed by atoms with E-state index in [1.54, 1.807) is 50.3 Å². The molecule has 9 heteroatoms. The normalized spacial score (nSPS) is 12.7. The molecule has 0 spiro atoms. The number of aromatic nitrogens is 3. The third-order valence-electron chi connectivity index (χ3n) is 4.90. The second kappa shape index (κ2) is 10.9. The van der Waals surface area contributed by atoms with E-state index in [1.807, 2.05) is 6.92 Å². The predicted octanol–water partition coefficient (Wildman–Crippen LogP) is 4.23. The summed E-state index contributed by atoms with van der Waals surface area (Å²) in [5.74, 6) is -0.196. The van der Waals surface area contributed by atoms with Gasteiger partial charge in [0, 0.05) is 18.2 Å². The molecular weight excluding hydrogens is 423 g/mol. The van der Waals surface area contributed by atoms with Gasteiger partial charge in [-0.3, -0.25) is 9.79 Å². The summed E-state index contributed by atoms with van der Waals surface area (Å²) in [5, 5.41) is 6.61. The van der Waals surface area contributed by atoms with Gasteiger partial charge in [0.1, 0.15) is 29.2 Å². The highest BCUT2D eigenvalue weighted by molar-refractivity contribution is 6.10. The second-order valence-electron chi connectivity index (χ2n) is 7.24. The minimum absolute atomic E-state index is 0.103. The number of nitrogens with one attached hydrogen (secondary N) is 1. The first kappa shape index (κ1) is 23.5. The van der Waals surface area contributed by atoms with Gasteiger partial charge in [-0.2, -0.15) is 0 Å². The predicted molar refractivity (Wildman–Crippen MR) is 126 cm³/mol. The number of halogens is 1. The molecule has 1 aromatic carbocycles. The number of carbonyl (C=O) groups is 1. The van der Waals surface area contributed by atoms with Crippen molar-refractivity contribution >= 4 is 28.7 Å². The van der Waals surface area contributed by atoms with Crippen LogP contribution in [0.25, 0.3) is 5.57 Å². The van der Waals surface area contributed by atoms with E-state index in [0.29, 0.717) is 41.2 Å². The average molecular weight is 449 g/mol. The van der Waals surface area contributed by atoms with E-state index in [2.05, 4.69) is 25.4 Å². The largest absolute Gasteiger partial charge is 0.382 e. The maximum Gasteiger partial charge on any atom is 0.251 e. The molecule has 3 rings (SSSR count). The molecule has 0 radical (unpaired) electrons. The first-order valence-corrected chi connectivity index (χ1v) is 10.3. The van der Waals surface area contributed by atoms with Crippen molar-refractivity contribution in [3.8, 4) is 0 Å². The Hall–Kier alpha value is -4.14. The summed E-state index contributed by atoms with van der Waals surface area (Å²) in [6, 6.07) is 8.29. The van der Waals surface area contributed by atoms with E-state index in [-0.39, 0.29) is 23.4 Å². The van der Waals surface area contributed by atoms with Crippen molar-refractivity contribution in [1.82, 2.24) is 15.1 Å². The van der Waals surface area contributed by atoms with Gasteiger partial charge in [-0.15, -0.1) is 0 Å². The van der Waals surface area contributed by atoms with E-state index < -0.39 is 0 Å². The van der Waals surface area contributed by atoms with Gasteiger partial charge in [0.15, 0.2) is 11.6 Å². The molecule has 0 atom stereocenters. The summed E-state index contributed by atoms with van der Waals surface area (Å²) in [7, 11) is 0. The lowest BCUT2D eigenvalue weighted by Gasteiger charge is -2.09. The molecule has 3 N–H and O–H groups in total. The first-order chi connectivity index (χ1) is 15.9. The zero-order chi connectivity index (χ0) is 23.8. The summed E-state index contributed by atoms with van der Waals surface area (Å²) in [6.07, 6.45) is 6.76. The molecule has 0 bridgehead atoms. The van der Waals surface area contributed by atoms with Gasteiger partial charge in [-0.25, -0.2) is 14.4 Å². The maximum atomic E-state index is 14.0. The number of rotatable bonds is 8. The number of allylic oxidation sites excluding steroid dienone is 3. The van der Waals surface area contributed by atoms with Gasteiger partial charge in [0.05, 0.1) is 6.20 Å². The van der Waals surface area contributed by atoms with Crippen LogP contribution in [0.5, 0.6) is 0 Å². The fourth-order valence-electron chi connectivity index (χ4n) is 2.84. The maximum absolute atomic E-state index is 14.0. The van der Waals surface area contributed by atoms with Crippen molar-refractivity contribution in [2.45, 2.75) is 27.2 Å². The third kappa shape index (κ3) is 6.19. The van der Waals surface area contributed by atoms with E-state index in [0.717, 1.165) is 5.57 Å². The van der Waals surface area contributed by atoms with Gasteiger partial charge in [0.2, 0.25) is 0 Å².